The number of hydrogen-bond donors (Lipinski definition) is 2. The summed E-state index contributed by atoms with van der Waals surface area (Å²) < 4.78 is 2.04. The fraction of sp³-hybridized carbons (Fsp3) is 0.0833. The number of nitrogen functional groups attached to an aromatic ring is 1. The van der Waals surface area contributed by atoms with Gasteiger partial charge in [-0.25, -0.2) is 5.84 Å². The average molecular weight is 215 g/mol. The molecule has 1 heterocycles. The number of carbonyl (C=O) groups is 1. The van der Waals surface area contributed by atoms with E-state index in [1.165, 1.54) is 0 Å². The minimum Gasteiger partial charge on any atom is -0.350 e. The van der Waals surface area contributed by atoms with E-state index in [4.69, 9.17) is 5.84 Å². The largest absolute Gasteiger partial charge is 0.350 e. The Kier molecular flexibility index (Phi) is 3.03. The molecule has 1 aromatic carbocycles. The first-order chi connectivity index (χ1) is 7.79. The van der Waals surface area contributed by atoms with E-state index in [1.54, 1.807) is 6.07 Å². The Hall–Kier alpha value is -2.07. The summed E-state index contributed by atoms with van der Waals surface area (Å²) >= 11 is 0. The van der Waals surface area contributed by atoms with Crippen LogP contribution in [0.1, 0.15) is 15.9 Å². The highest BCUT2D eigenvalue weighted by Gasteiger charge is 2.03. The van der Waals surface area contributed by atoms with Crippen LogP contribution in [-0.4, -0.2) is 10.5 Å². The number of rotatable bonds is 3. The van der Waals surface area contributed by atoms with Crippen LogP contribution in [0.4, 0.5) is 0 Å². The number of hydrazine groups is 1. The normalized spacial score (nSPS) is 10.1. The van der Waals surface area contributed by atoms with Crippen LogP contribution in [0.3, 0.4) is 0 Å². The Morgan fingerprint density at radius 3 is 2.69 bits per heavy atom. The first-order valence-corrected chi connectivity index (χ1v) is 5.00. The monoisotopic (exact) mass is 215 g/mol. The molecule has 0 aliphatic heterocycles. The fourth-order valence-electron chi connectivity index (χ4n) is 1.58. The Balaban J connectivity index is 2.19. The van der Waals surface area contributed by atoms with Gasteiger partial charge in [0.1, 0.15) is 0 Å². The zero-order valence-corrected chi connectivity index (χ0v) is 8.76. The van der Waals surface area contributed by atoms with Crippen molar-refractivity contribution in [1.29, 1.82) is 0 Å². The molecule has 4 nitrogen and oxygen atoms in total. The molecule has 0 fully saturated rings. The summed E-state index contributed by atoms with van der Waals surface area (Å²) in [5.41, 5.74) is 3.76. The van der Waals surface area contributed by atoms with Crippen molar-refractivity contribution < 1.29 is 4.79 Å². The van der Waals surface area contributed by atoms with Crippen molar-refractivity contribution in [2.75, 3.05) is 0 Å². The molecule has 1 amide bonds. The molecule has 1 aromatic heterocycles. The van der Waals surface area contributed by atoms with Crippen LogP contribution in [-0.2, 0) is 6.54 Å². The summed E-state index contributed by atoms with van der Waals surface area (Å²) in [6, 6.07) is 11.3. The molecular weight excluding hydrogens is 202 g/mol. The lowest BCUT2D eigenvalue weighted by atomic mass is 10.1. The van der Waals surface area contributed by atoms with Crippen molar-refractivity contribution in [3.05, 3.63) is 59.9 Å². The SMILES string of the molecule is NNC(=O)c1cccc(Cn2cccc2)c1. The van der Waals surface area contributed by atoms with Gasteiger partial charge in [-0.3, -0.25) is 10.2 Å². The molecule has 0 spiro atoms. The summed E-state index contributed by atoms with van der Waals surface area (Å²) in [7, 11) is 0. The number of carbonyl (C=O) groups excluding carboxylic acids is 1. The van der Waals surface area contributed by atoms with Crippen LogP contribution < -0.4 is 11.3 Å². The van der Waals surface area contributed by atoms with Gasteiger partial charge in [-0.1, -0.05) is 12.1 Å². The van der Waals surface area contributed by atoms with E-state index in [0.29, 0.717) is 5.56 Å². The summed E-state index contributed by atoms with van der Waals surface area (Å²) in [6.45, 7) is 0.749. The minimum atomic E-state index is -0.269. The topological polar surface area (TPSA) is 60.0 Å². The summed E-state index contributed by atoms with van der Waals surface area (Å²) in [5.74, 6) is 4.82. The smallest absolute Gasteiger partial charge is 0.265 e. The fourth-order valence-corrected chi connectivity index (χ4v) is 1.58. The second-order valence-electron chi connectivity index (χ2n) is 3.53. The van der Waals surface area contributed by atoms with Crippen molar-refractivity contribution in [2.24, 2.45) is 5.84 Å². The molecule has 2 rings (SSSR count). The first-order valence-electron chi connectivity index (χ1n) is 5.00. The van der Waals surface area contributed by atoms with Gasteiger partial charge in [-0.05, 0) is 29.8 Å². The van der Waals surface area contributed by atoms with Gasteiger partial charge < -0.3 is 4.57 Å². The second kappa shape index (κ2) is 4.63. The molecule has 0 radical (unpaired) electrons. The molecule has 0 atom stereocenters. The third kappa shape index (κ3) is 2.29. The highest BCUT2D eigenvalue weighted by Crippen LogP contribution is 2.07. The van der Waals surface area contributed by atoms with E-state index >= 15 is 0 Å². The lowest BCUT2D eigenvalue weighted by molar-refractivity contribution is 0.0953. The van der Waals surface area contributed by atoms with E-state index in [2.05, 4.69) is 5.43 Å². The highest BCUT2D eigenvalue weighted by atomic mass is 16.2. The van der Waals surface area contributed by atoms with Crippen LogP contribution in [0.25, 0.3) is 0 Å². The van der Waals surface area contributed by atoms with Gasteiger partial charge in [-0.15, -0.1) is 0 Å². The van der Waals surface area contributed by atoms with Gasteiger partial charge in [0.25, 0.3) is 5.91 Å². The standard InChI is InChI=1S/C12H13N3O/c13-14-12(16)11-5-3-4-10(8-11)9-15-6-1-2-7-15/h1-8H,9,13H2,(H,14,16). The van der Waals surface area contributed by atoms with Crippen LogP contribution in [0, 0.1) is 0 Å². The predicted molar refractivity (Wildman–Crippen MR) is 61.6 cm³/mol. The van der Waals surface area contributed by atoms with E-state index in [0.717, 1.165) is 12.1 Å². The van der Waals surface area contributed by atoms with Crippen LogP contribution in [0.5, 0.6) is 0 Å². The first kappa shape index (κ1) is 10.4. The molecule has 3 N–H and O–H groups in total. The molecule has 82 valence electrons. The van der Waals surface area contributed by atoms with E-state index in [-0.39, 0.29) is 5.91 Å². The maximum atomic E-state index is 11.3. The molecular formula is C12H13N3O. The number of benzene rings is 1. The number of amides is 1. The third-order valence-electron chi connectivity index (χ3n) is 2.35. The zero-order chi connectivity index (χ0) is 11.4. The Morgan fingerprint density at radius 1 is 1.25 bits per heavy atom. The van der Waals surface area contributed by atoms with Gasteiger partial charge in [0, 0.05) is 24.5 Å². The minimum absolute atomic E-state index is 0.269. The lowest BCUT2D eigenvalue weighted by Crippen LogP contribution is -2.30. The van der Waals surface area contributed by atoms with Crippen LogP contribution >= 0.6 is 0 Å². The Morgan fingerprint density at radius 2 is 2.00 bits per heavy atom. The molecule has 0 saturated carbocycles. The number of nitrogens with one attached hydrogen (secondary N) is 1. The van der Waals surface area contributed by atoms with Crippen LogP contribution in [0.2, 0.25) is 0 Å². The summed E-state index contributed by atoms with van der Waals surface area (Å²) in [6.07, 6.45) is 3.96. The van der Waals surface area contributed by atoms with E-state index in [9.17, 15) is 4.79 Å². The summed E-state index contributed by atoms with van der Waals surface area (Å²) in [4.78, 5) is 11.3. The number of hydrogen-bond acceptors (Lipinski definition) is 2. The lowest BCUT2D eigenvalue weighted by Gasteiger charge is -2.05. The Bertz CT molecular complexity index is 477. The van der Waals surface area contributed by atoms with Crippen molar-refractivity contribution in [1.82, 2.24) is 9.99 Å². The van der Waals surface area contributed by atoms with Gasteiger partial charge in [-0.2, -0.15) is 0 Å². The maximum absolute atomic E-state index is 11.3. The van der Waals surface area contributed by atoms with Crippen molar-refractivity contribution in [2.45, 2.75) is 6.54 Å². The van der Waals surface area contributed by atoms with Crippen molar-refractivity contribution >= 4 is 5.91 Å². The molecule has 4 heteroatoms. The highest BCUT2D eigenvalue weighted by molar-refractivity contribution is 5.93. The van der Waals surface area contributed by atoms with Crippen molar-refractivity contribution in [3.8, 4) is 0 Å². The molecule has 0 aliphatic carbocycles. The molecule has 2 aromatic rings. The zero-order valence-electron chi connectivity index (χ0n) is 8.76. The number of nitrogens with zero attached hydrogens (tertiary/aromatic N) is 1. The van der Waals surface area contributed by atoms with Crippen LogP contribution in [0.15, 0.2) is 48.8 Å². The third-order valence-corrected chi connectivity index (χ3v) is 2.35. The Labute approximate surface area is 93.7 Å². The molecule has 0 aliphatic rings. The van der Waals surface area contributed by atoms with Gasteiger partial charge in [0.2, 0.25) is 0 Å². The predicted octanol–water partition coefficient (Wildman–Crippen LogP) is 1.14. The van der Waals surface area contributed by atoms with Gasteiger partial charge in [0.05, 0.1) is 0 Å². The second-order valence-corrected chi connectivity index (χ2v) is 3.53. The molecule has 0 bridgehead atoms. The van der Waals surface area contributed by atoms with Gasteiger partial charge >= 0.3 is 0 Å². The maximum Gasteiger partial charge on any atom is 0.265 e. The average Bonchev–Trinajstić information content (AvgIpc) is 2.81. The quantitative estimate of drug-likeness (QED) is 0.458. The number of aromatic nitrogens is 1. The summed E-state index contributed by atoms with van der Waals surface area (Å²) in [5, 5.41) is 0. The van der Waals surface area contributed by atoms with E-state index < -0.39 is 0 Å². The number of nitrogens with two attached hydrogens (primary N) is 1. The molecule has 0 saturated heterocycles. The molecule has 0 unspecified atom stereocenters. The van der Waals surface area contributed by atoms with E-state index in [1.807, 2.05) is 47.3 Å². The van der Waals surface area contributed by atoms with Crippen molar-refractivity contribution in [3.63, 3.8) is 0 Å². The van der Waals surface area contributed by atoms with Gasteiger partial charge in [0.15, 0.2) is 0 Å². The molecule has 16 heavy (non-hydrogen) atoms.